The molecular weight excluding hydrogens is 416 g/mol. The molecular formula is C28H33ClN2O. The number of fused-ring (bicyclic) bond motifs is 1. The Morgan fingerprint density at radius 3 is 2.75 bits per heavy atom. The van der Waals surface area contributed by atoms with Crippen molar-refractivity contribution in [2.45, 2.75) is 32.6 Å². The molecule has 1 heterocycles. The molecule has 1 atom stereocenters. The lowest BCUT2D eigenvalue weighted by Crippen LogP contribution is -2.26. The zero-order valence-corrected chi connectivity index (χ0v) is 20.2. The number of aryl methyl sites for hydroxylation is 1. The molecule has 2 aromatic carbocycles. The first-order valence-corrected chi connectivity index (χ1v) is 12.0. The third kappa shape index (κ3) is 5.00. The van der Waals surface area contributed by atoms with Crippen LogP contribution in [0.5, 0.6) is 0 Å². The van der Waals surface area contributed by atoms with Gasteiger partial charge in [-0.05, 0) is 60.4 Å². The SMILES string of the molecule is C\N=C(OC)/C(=C\C=C\c1cccc(-c2cccc3c2CCC3)c1Cl)CN1CCC(C)C1. The minimum absolute atomic E-state index is 0.689. The van der Waals surface area contributed by atoms with Crippen molar-refractivity contribution in [3.8, 4) is 11.1 Å². The van der Waals surface area contributed by atoms with E-state index < -0.39 is 0 Å². The smallest absolute Gasteiger partial charge is 0.212 e. The van der Waals surface area contributed by atoms with Crippen LogP contribution < -0.4 is 0 Å². The van der Waals surface area contributed by atoms with Crippen molar-refractivity contribution in [3.05, 3.63) is 75.8 Å². The largest absolute Gasteiger partial charge is 0.481 e. The predicted octanol–water partition coefficient (Wildman–Crippen LogP) is 6.45. The molecule has 1 fully saturated rings. The Kier molecular flexibility index (Phi) is 7.49. The molecule has 4 heteroatoms. The molecule has 168 valence electrons. The maximum Gasteiger partial charge on any atom is 0.212 e. The van der Waals surface area contributed by atoms with E-state index in [1.165, 1.54) is 36.0 Å². The summed E-state index contributed by atoms with van der Waals surface area (Å²) < 4.78 is 5.54. The number of benzene rings is 2. The molecule has 0 amide bonds. The summed E-state index contributed by atoms with van der Waals surface area (Å²) in [6, 6.07) is 12.9. The molecule has 0 aromatic heterocycles. The molecule has 2 aromatic rings. The van der Waals surface area contributed by atoms with Gasteiger partial charge < -0.3 is 4.74 Å². The fourth-order valence-corrected chi connectivity index (χ4v) is 5.29. The maximum absolute atomic E-state index is 6.90. The average molecular weight is 449 g/mol. The summed E-state index contributed by atoms with van der Waals surface area (Å²) in [5.74, 6) is 1.44. The van der Waals surface area contributed by atoms with Crippen LogP contribution in [0.15, 0.2) is 59.1 Å². The quantitative estimate of drug-likeness (QED) is 0.288. The number of likely N-dealkylation sites (tertiary alicyclic amines) is 1. The first kappa shape index (κ1) is 22.8. The molecule has 2 aliphatic rings. The van der Waals surface area contributed by atoms with Gasteiger partial charge in [0.2, 0.25) is 5.90 Å². The zero-order chi connectivity index (χ0) is 22.5. The first-order valence-electron chi connectivity index (χ1n) is 11.6. The number of hydrogen-bond acceptors (Lipinski definition) is 3. The number of hydrogen-bond donors (Lipinski definition) is 0. The third-order valence-corrected chi connectivity index (χ3v) is 7.03. The van der Waals surface area contributed by atoms with Crippen LogP contribution in [0.4, 0.5) is 0 Å². The fourth-order valence-electron chi connectivity index (χ4n) is 4.99. The molecule has 1 aliphatic heterocycles. The van der Waals surface area contributed by atoms with Crippen molar-refractivity contribution in [2.75, 3.05) is 33.8 Å². The third-order valence-electron chi connectivity index (χ3n) is 6.61. The topological polar surface area (TPSA) is 24.8 Å². The Morgan fingerprint density at radius 2 is 2.00 bits per heavy atom. The molecule has 4 rings (SSSR count). The van der Waals surface area contributed by atoms with E-state index in [0.717, 1.165) is 53.7 Å². The van der Waals surface area contributed by atoms with Gasteiger partial charge in [0.15, 0.2) is 0 Å². The highest BCUT2D eigenvalue weighted by Gasteiger charge is 2.21. The van der Waals surface area contributed by atoms with Gasteiger partial charge in [0.05, 0.1) is 12.1 Å². The van der Waals surface area contributed by atoms with E-state index in [1.54, 1.807) is 14.2 Å². The van der Waals surface area contributed by atoms with Crippen LogP contribution in [0, 0.1) is 5.92 Å². The van der Waals surface area contributed by atoms with E-state index in [1.807, 2.05) is 0 Å². The first-order chi connectivity index (χ1) is 15.6. The lowest BCUT2D eigenvalue weighted by atomic mass is 9.95. The Morgan fingerprint density at radius 1 is 1.19 bits per heavy atom. The number of aliphatic imine (C=N–C) groups is 1. The van der Waals surface area contributed by atoms with Crippen LogP contribution in [-0.2, 0) is 17.6 Å². The summed E-state index contributed by atoms with van der Waals surface area (Å²) in [6.45, 7) is 5.40. The van der Waals surface area contributed by atoms with Gasteiger partial charge in [-0.25, -0.2) is 0 Å². The minimum atomic E-state index is 0.689. The normalized spacial score (nSPS) is 19.7. The zero-order valence-electron chi connectivity index (χ0n) is 19.4. The number of halogens is 1. The van der Waals surface area contributed by atoms with Crippen molar-refractivity contribution in [1.82, 2.24) is 4.90 Å². The van der Waals surface area contributed by atoms with Crippen molar-refractivity contribution in [3.63, 3.8) is 0 Å². The molecule has 1 aliphatic carbocycles. The molecule has 0 N–H and O–H groups in total. The van der Waals surface area contributed by atoms with Crippen LogP contribution in [0.25, 0.3) is 17.2 Å². The van der Waals surface area contributed by atoms with Gasteiger partial charge >= 0.3 is 0 Å². The van der Waals surface area contributed by atoms with Crippen molar-refractivity contribution in [2.24, 2.45) is 10.9 Å². The van der Waals surface area contributed by atoms with Crippen LogP contribution in [0.2, 0.25) is 5.02 Å². The van der Waals surface area contributed by atoms with Gasteiger partial charge in [0.1, 0.15) is 0 Å². The highest BCUT2D eigenvalue weighted by atomic mass is 35.5. The summed E-state index contributed by atoms with van der Waals surface area (Å²) >= 11 is 6.90. The fraction of sp³-hybridized carbons (Fsp3) is 0.393. The molecule has 0 bridgehead atoms. The van der Waals surface area contributed by atoms with Crippen LogP contribution in [0.3, 0.4) is 0 Å². The lowest BCUT2D eigenvalue weighted by Gasteiger charge is -2.18. The summed E-state index contributed by atoms with van der Waals surface area (Å²) in [5.41, 5.74) is 7.44. The minimum Gasteiger partial charge on any atom is -0.481 e. The van der Waals surface area contributed by atoms with E-state index in [-0.39, 0.29) is 0 Å². The van der Waals surface area contributed by atoms with Crippen LogP contribution in [0.1, 0.15) is 36.5 Å². The second kappa shape index (κ2) is 10.5. The molecule has 0 saturated carbocycles. The number of nitrogens with zero attached hydrogens (tertiary/aromatic N) is 2. The lowest BCUT2D eigenvalue weighted by molar-refractivity contribution is 0.348. The Bertz CT molecular complexity index is 1050. The van der Waals surface area contributed by atoms with E-state index in [9.17, 15) is 0 Å². The van der Waals surface area contributed by atoms with Crippen LogP contribution >= 0.6 is 11.6 Å². The summed E-state index contributed by atoms with van der Waals surface area (Å²) in [6.07, 6.45) is 11.1. The average Bonchev–Trinajstić information content (AvgIpc) is 3.44. The van der Waals surface area contributed by atoms with E-state index in [2.05, 4.69) is 71.4 Å². The molecule has 0 radical (unpaired) electrons. The van der Waals surface area contributed by atoms with Crippen molar-refractivity contribution < 1.29 is 4.74 Å². The van der Waals surface area contributed by atoms with E-state index >= 15 is 0 Å². The molecule has 3 nitrogen and oxygen atoms in total. The highest BCUT2D eigenvalue weighted by molar-refractivity contribution is 6.34. The van der Waals surface area contributed by atoms with Gasteiger partial charge in [-0.3, -0.25) is 9.89 Å². The van der Waals surface area contributed by atoms with Crippen molar-refractivity contribution in [1.29, 1.82) is 0 Å². The van der Waals surface area contributed by atoms with Gasteiger partial charge in [-0.1, -0.05) is 73.2 Å². The number of allylic oxidation sites excluding steroid dienone is 2. The number of methoxy groups -OCH3 is 1. The second-order valence-electron chi connectivity index (χ2n) is 8.92. The van der Waals surface area contributed by atoms with Gasteiger partial charge in [-0.15, -0.1) is 0 Å². The number of ether oxygens (including phenoxy) is 1. The molecule has 1 unspecified atom stereocenters. The summed E-state index contributed by atoms with van der Waals surface area (Å²) in [5, 5.41) is 0.809. The Balaban J connectivity index is 1.60. The molecule has 32 heavy (non-hydrogen) atoms. The summed E-state index contributed by atoms with van der Waals surface area (Å²) in [4.78, 5) is 6.81. The van der Waals surface area contributed by atoms with E-state index in [0.29, 0.717) is 5.90 Å². The Labute approximate surface area is 197 Å². The predicted molar refractivity (Wildman–Crippen MR) is 137 cm³/mol. The van der Waals surface area contributed by atoms with Crippen molar-refractivity contribution >= 4 is 23.6 Å². The monoisotopic (exact) mass is 448 g/mol. The maximum atomic E-state index is 6.90. The molecule has 0 spiro atoms. The highest BCUT2D eigenvalue weighted by Crippen LogP contribution is 2.37. The van der Waals surface area contributed by atoms with Gasteiger partial charge in [-0.2, -0.15) is 0 Å². The standard InChI is InChI=1S/C28H33ClN2O/c1-20-16-17-31(18-20)19-23(28(30-2)32-3)12-4-10-22-11-7-15-26(27(22)29)25-14-6-9-21-8-5-13-24(21)25/h4,6-7,9-12,14-15,20H,5,8,13,16-19H2,1-3H3/b10-4+,23-12-,30-28+. The van der Waals surface area contributed by atoms with Gasteiger partial charge in [0, 0.05) is 31.3 Å². The number of rotatable bonds is 6. The molecule has 1 saturated heterocycles. The second-order valence-corrected chi connectivity index (χ2v) is 9.30. The van der Waals surface area contributed by atoms with Gasteiger partial charge in [0.25, 0.3) is 0 Å². The summed E-state index contributed by atoms with van der Waals surface area (Å²) in [7, 11) is 3.47. The Hall–Kier alpha value is -2.36. The van der Waals surface area contributed by atoms with E-state index in [4.69, 9.17) is 16.3 Å². The van der Waals surface area contributed by atoms with Crippen LogP contribution in [-0.4, -0.2) is 44.6 Å².